The fraction of sp³-hybridized carbons (Fsp3) is 0.200. The third-order valence-electron chi connectivity index (χ3n) is 4.68. The summed E-state index contributed by atoms with van der Waals surface area (Å²) in [5, 5.41) is 8.50. The Balaban J connectivity index is 1.42. The summed E-state index contributed by atoms with van der Waals surface area (Å²) in [4.78, 5) is 20.0. The molecule has 0 atom stereocenters. The van der Waals surface area contributed by atoms with E-state index in [9.17, 15) is 13.6 Å². The van der Waals surface area contributed by atoms with Crippen molar-refractivity contribution >= 4 is 11.7 Å². The van der Waals surface area contributed by atoms with Gasteiger partial charge in [-0.2, -0.15) is 0 Å². The first-order chi connectivity index (χ1) is 13.6. The Hall–Kier alpha value is -3.42. The smallest absolute Gasteiger partial charge is 0.259 e. The van der Waals surface area contributed by atoms with Crippen molar-refractivity contribution in [2.24, 2.45) is 0 Å². The summed E-state index contributed by atoms with van der Waals surface area (Å²) in [5.74, 6) is -1.63. The Kier molecular flexibility index (Phi) is 4.92. The first-order valence-corrected chi connectivity index (χ1v) is 8.86. The number of benzene rings is 1. The summed E-state index contributed by atoms with van der Waals surface area (Å²) in [6, 6.07) is 10.9. The molecule has 0 spiro atoms. The van der Waals surface area contributed by atoms with Crippen molar-refractivity contribution in [3.05, 3.63) is 72.1 Å². The van der Waals surface area contributed by atoms with Crippen LogP contribution in [0, 0.1) is 11.6 Å². The van der Waals surface area contributed by atoms with Gasteiger partial charge in [0.15, 0.2) is 5.82 Å². The molecule has 4 rings (SSSR count). The number of carbonyl (C=O) groups excluding carboxylic acids is 1. The zero-order chi connectivity index (χ0) is 19.5. The predicted octanol–water partition coefficient (Wildman–Crippen LogP) is 2.78. The van der Waals surface area contributed by atoms with Gasteiger partial charge in [-0.25, -0.2) is 8.78 Å². The molecule has 1 aliphatic rings. The fourth-order valence-electron chi connectivity index (χ4n) is 3.16. The molecular weight excluding hydrogens is 364 g/mol. The Morgan fingerprint density at radius 1 is 0.893 bits per heavy atom. The van der Waals surface area contributed by atoms with E-state index in [1.807, 2.05) is 29.2 Å². The van der Waals surface area contributed by atoms with Crippen LogP contribution in [-0.2, 0) is 0 Å². The van der Waals surface area contributed by atoms with Crippen LogP contribution in [0.25, 0.3) is 11.3 Å². The lowest BCUT2D eigenvalue weighted by Crippen LogP contribution is -2.49. The predicted molar refractivity (Wildman–Crippen MR) is 99.7 cm³/mol. The number of hydrogen-bond acceptors (Lipinski definition) is 5. The summed E-state index contributed by atoms with van der Waals surface area (Å²) in [6.07, 6.45) is 3.41. The van der Waals surface area contributed by atoms with Crippen molar-refractivity contribution < 1.29 is 13.6 Å². The molecule has 3 heterocycles. The monoisotopic (exact) mass is 381 g/mol. The van der Waals surface area contributed by atoms with Gasteiger partial charge in [0.25, 0.3) is 5.91 Å². The number of aromatic nitrogens is 3. The number of amides is 1. The standard InChI is InChI=1S/C20H17F2N5O/c21-15-4-1-5-16(22)19(15)20(28)27-11-9-26(10-12-27)18-7-6-17(24-25-18)14-3-2-8-23-13-14/h1-8,13H,9-12H2. The molecule has 0 N–H and O–H groups in total. The van der Waals surface area contributed by atoms with Crippen molar-refractivity contribution in [2.45, 2.75) is 0 Å². The summed E-state index contributed by atoms with van der Waals surface area (Å²) in [7, 11) is 0. The van der Waals surface area contributed by atoms with E-state index in [1.165, 1.54) is 11.0 Å². The van der Waals surface area contributed by atoms with Crippen LogP contribution in [0.15, 0.2) is 54.9 Å². The average Bonchev–Trinajstić information content (AvgIpc) is 2.74. The molecular formula is C20H17F2N5O. The largest absolute Gasteiger partial charge is 0.352 e. The molecule has 0 saturated carbocycles. The van der Waals surface area contributed by atoms with Crippen molar-refractivity contribution in [3.8, 4) is 11.3 Å². The lowest BCUT2D eigenvalue weighted by Gasteiger charge is -2.35. The molecule has 1 aliphatic heterocycles. The highest BCUT2D eigenvalue weighted by molar-refractivity contribution is 5.95. The molecule has 1 aromatic carbocycles. The van der Waals surface area contributed by atoms with Gasteiger partial charge in [0.1, 0.15) is 17.2 Å². The number of carbonyl (C=O) groups is 1. The third kappa shape index (κ3) is 3.53. The molecule has 0 unspecified atom stereocenters. The van der Waals surface area contributed by atoms with E-state index in [-0.39, 0.29) is 0 Å². The highest BCUT2D eigenvalue weighted by Crippen LogP contribution is 2.20. The average molecular weight is 381 g/mol. The molecule has 6 nitrogen and oxygen atoms in total. The zero-order valence-corrected chi connectivity index (χ0v) is 14.9. The van der Waals surface area contributed by atoms with E-state index < -0.39 is 23.1 Å². The van der Waals surface area contributed by atoms with Gasteiger partial charge in [0, 0.05) is 44.1 Å². The molecule has 0 radical (unpaired) electrons. The van der Waals surface area contributed by atoms with E-state index in [1.54, 1.807) is 12.4 Å². The number of pyridine rings is 1. The molecule has 142 valence electrons. The summed E-state index contributed by atoms with van der Waals surface area (Å²) < 4.78 is 27.7. The highest BCUT2D eigenvalue weighted by atomic mass is 19.1. The molecule has 3 aromatic rings. The van der Waals surface area contributed by atoms with Gasteiger partial charge in [0.2, 0.25) is 0 Å². The minimum atomic E-state index is -0.843. The lowest BCUT2D eigenvalue weighted by atomic mass is 10.1. The molecule has 2 aromatic heterocycles. The second kappa shape index (κ2) is 7.67. The topological polar surface area (TPSA) is 62.2 Å². The van der Waals surface area contributed by atoms with Crippen molar-refractivity contribution in [2.75, 3.05) is 31.1 Å². The summed E-state index contributed by atoms with van der Waals surface area (Å²) >= 11 is 0. The maximum atomic E-state index is 13.9. The Labute approximate surface area is 160 Å². The first kappa shape index (κ1) is 18.0. The quantitative estimate of drug-likeness (QED) is 0.698. The maximum Gasteiger partial charge on any atom is 0.259 e. The van der Waals surface area contributed by atoms with Gasteiger partial charge in [-0.05, 0) is 36.4 Å². The van der Waals surface area contributed by atoms with Crippen molar-refractivity contribution in [1.82, 2.24) is 20.1 Å². The van der Waals surface area contributed by atoms with Gasteiger partial charge in [-0.15, -0.1) is 10.2 Å². The van der Waals surface area contributed by atoms with Crippen LogP contribution < -0.4 is 4.90 Å². The Morgan fingerprint density at radius 3 is 2.25 bits per heavy atom. The van der Waals surface area contributed by atoms with Crippen LogP contribution in [0.3, 0.4) is 0 Å². The van der Waals surface area contributed by atoms with Crippen LogP contribution in [-0.4, -0.2) is 52.2 Å². The van der Waals surface area contributed by atoms with Gasteiger partial charge >= 0.3 is 0 Å². The van der Waals surface area contributed by atoms with Crippen LogP contribution in [0.1, 0.15) is 10.4 Å². The van der Waals surface area contributed by atoms with Gasteiger partial charge in [-0.3, -0.25) is 9.78 Å². The number of nitrogens with zero attached hydrogens (tertiary/aromatic N) is 5. The zero-order valence-electron chi connectivity index (χ0n) is 14.9. The SMILES string of the molecule is O=C(c1c(F)cccc1F)N1CCN(c2ccc(-c3cccnc3)nn2)CC1. The van der Waals surface area contributed by atoms with Crippen LogP contribution in [0.4, 0.5) is 14.6 Å². The van der Waals surface area contributed by atoms with E-state index in [2.05, 4.69) is 15.2 Å². The minimum absolute atomic E-state index is 0.346. The van der Waals surface area contributed by atoms with Gasteiger partial charge in [-0.1, -0.05) is 6.07 Å². The van der Waals surface area contributed by atoms with E-state index in [0.717, 1.165) is 23.4 Å². The molecule has 1 fully saturated rings. The number of anilines is 1. The van der Waals surface area contributed by atoms with Crippen LogP contribution in [0.2, 0.25) is 0 Å². The molecule has 1 saturated heterocycles. The van der Waals surface area contributed by atoms with Crippen LogP contribution >= 0.6 is 0 Å². The molecule has 28 heavy (non-hydrogen) atoms. The third-order valence-corrected chi connectivity index (χ3v) is 4.68. The van der Waals surface area contributed by atoms with Crippen molar-refractivity contribution in [3.63, 3.8) is 0 Å². The summed E-state index contributed by atoms with van der Waals surface area (Å²) in [5.41, 5.74) is 1.10. The lowest BCUT2D eigenvalue weighted by molar-refractivity contribution is 0.0736. The van der Waals surface area contributed by atoms with Crippen LogP contribution in [0.5, 0.6) is 0 Å². The minimum Gasteiger partial charge on any atom is -0.352 e. The number of rotatable bonds is 3. The second-order valence-electron chi connectivity index (χ2n) is 6.39. The highest BCUT2D eigenvalue weighted by Gasteiger charge is 2.27. The van der Waals surface area contributed by atoms with E-state index in [0.29, 0.717) is 32.0 Å². The van der Waals surface area contributed by atoms with Gasteiger partial charge in [0.05, 0.1) is 5.69 Å². The molecule has 0 bridgehead atoms. The molecule has 0 aliphatic carbocycles. The second-order valence-corrected chi connectivity index (χ2v) is 6.39. The van der Waals surface area contributed by atoms with E-state index in [4.69, 9.17) is 0 Å². The number of hydrogen-bond donors (Lipinski definition) is 0. The fourth-order valence-corrected chi connectivity index (χ4v) is 3.16. The van der Waals surface area contributed by atoms with E-state index >= 15 is 0 Å². The van der Waals surface area contributed by atoms with Gasteiger partial charge < -0.3 is 9.80 Å². The Morgan fingerprint density at radius 2 is 1.64 bits per heavy atom. The Bertz CT molecular complexity index is 953. The normalized spacial score (nSPS) is 14.2. The number of piperazine rings is 1. The summed E-state index contributed by atoms with van der Waals surface area (Å²) in [6.45, 7) is 1.70. The molecule has 8 heteroatoms. The number of halogens is 2. The maximum absolute atomic E-state index is 13.9. The van der Waals surface area contributed by atoms with Crippen molar-refractivity contribution in [1.29, 1.82) is 0 Å². The first-order valence-electron chi connectivity index (χ1n) is 8.86. The molecule has 1 amide bonds.